The van der Waals surface area contributed by atoms with Gasteiger partial charge in [-0.1, -0.05) is 25.1 Å². The molecule has 2 rings (SSSR count). The molecular weight excluding hydrogens is 394 g/mol. The van der Waals surface area contributed by atoms with E-state index in [1.165, 1.54) is 25.0 Å². The van der Waals surface area contributed by atoms with E-state index < -0.39 is 16.1 Å². The van der Waals surface area contributed by atoms with Crippen molar-refractivity contribution < 1.29 is 13.2 Å². The van der Waals surface area contributed by atoms with E-state index in [1.807, 2.05) is 6.26 Å². The second-order valence-corrected chi connectivity index (χ2v) is 10.1. The average molecular weight is 428 g/mol. The largest absolute Gasteiger partial charge is 0.355 e. The van der Waals surface area contributed by atoms with Crippen molar-refractivity contribution >= 4 is 27.7 Å². The summed E-state index contributed by atoms with van der Waals surface area (Å²) in [4.78, 5) is 15.2. The van der Waals surface area contributed by atoms with E-state index in [4.69, 9.17) is 0 Å². The highest BCUT2D eigenvalue weighted by atomic mass is 32.2. The van der Waals surface area contributed by atoms with Gasteiger partial charge in [-0.2, -0.15) is 16.5 Å². The molecule has 1 fully saturated rings. The maximum atomic E-state index is 12.6. The second kappa shape index (κ2) is 11.8. The number of rotatable bonds is 11. The Morgan fingerprint density at radius 3 is 2.57 bits per heavy atom. The molecule has 28 heavy (non-hydrogen) atoms. The monoisotopic (exact) mass is 427 g/mol. The maximum Gasteiger partial charge on any atom is 0.241 e. The van der Waals surface area contributed by atoms with Gasteiger partial charge in [0, 0.05) is 6.54 Å². The molecule has 2 N–H and O–H groups in total. The van der Waals surface area contributed by atoms with Crippen LogP contribution in [0.25, 0.3) is 0 Å². The molecule has 0 radical (unpaired) electrons. The van der Waals surface area contributed by atoms with E-state index >= 15 is 0 Å². The smallest absolute Gasteiger partial charge is 0.241 e. The van der Waals surface area contributed by atoms with Crippen molar-refractivity contribution in [3.05, 3.63) is 30.3 Å². The van der Waals surface area contributed by atoms with Gasteiger partial charge in [0.15, 0.2) is 0 Å². The summed E-state index contributed by atoms with van der Waals surface area (Å²) in [6, 6.07) is 7.42. The molecule has 0 bridgehead atoms. The highest BCUT2D eigenvalue weighted by molar-refractivity contribution is 7.98. The first-order valence-electron chi connectivity index (χ1n) is 9.98. The number of piperidine rings is 1. The van der Waals surface area contributed by atoms with Crippen molar-refractivity contribution in [2.45, 2.75) is 43.5 Å². The van der Waals surface area contributed by atoms with Crippen molar-refractivity contribution in [3.63, 3.8) is 0 Å². The number of thioether (sulfide) groups is 1. The van der Waals surface area contributed by atoms with Crippen LogP contribution in [0.4, 0.5) is 0 Å². The third-order valence-electron chi connectivity index (χ3n) is 5.10. The van der Waals surface area contributed by atoms with E-state index in [1.54, 1.807) is 30.0 Å². The lowest BCUT2D eigenvalue weighted by atomic mass is 9.99. The molecule has 8 heteroatoms. The number of nitrogens with zero attached hydrogens (tertiary/aromatic N) is 1. The highest BCUT2D eigenvalue weighted by Gasteiger charge is 2.25. The molecule has 0 aromatic heterocycles. The van der Waals surface area contributed by atoms with Crippen molar-refractivity contribution in [1.82, 2.24) is 14.9 Å². The zero-order valence-electron chi connectivity index (χ0n) is 16.9. The number of sulfonamides is 1. The van der Waals surface area contributed by atoms with Gasteiger partial charge in [-0.15, -0.1) is 0 Å². The molecule has 1 unspecified atom stereocenters. The van der Waals surface area contributed by atoms with E-state index in [9.17, 15) is 13.2 Å². The van der Waals surface area contributed by atoms with Crippen LogP contribution < -0.4 is 10.0 Å². The Morgan fingerprint density at radius 1 is 1.25 bits per heavy atom. The zero-order valence-corrected chi connectivity index (χ0v) is 18.5. The first kappa shape index (κ1) is 23.2. The molecule has 1 aliphatic heterocycles. The van der Waals surface area contributed by atoms with Gasteiger partial charge < -0.3 is 10.2 Å². The number of carbonyl (C=O) groups is 1. The quantitative estimate of drug-likeness (QED) is 0.530. The fraction of sp³-hybridized carbons (Fsp3) is 0.650. The van der Waals surface area contributed by atoms with E-state index in [2.05, 4.69) is 21.9 Å². The number of hydrogen-bond acceptors (Lipinski definition) is 5. The minimum atomic E-state index is -3.72. The van der Waals surface area contributed by atoms with Crippen LogP contribution in [0.5, 0.6) is 0 Å². The third-order valence-corrected chi connectivity index (χ3v) is 7.24. The number of hydrogen-bond donors (Lipinski definition) is 2. The van der Waals surface area contributed by atoms with Crippen LogP contribution >= 0.6 is 11.8 Å². The van der Waals surface area contributed by atoms with Crippen LogP contribution in [0, 0.1) is 5.92 Å². The summed E-state index contributed by atoms with van der Waals surface area (Å²) in [5.41, 5.74) is 0. The highest BCUT2D eigenvalue weighted by Crippen LogP contribution is 2.15. The average Bonchev–Trinajstić information content (AvgIpc) is 2.70. The van der Waals surface area contributed by atoms with Crippen molar-refractivity contribution in [1.29, 1.82) is 0 Å². The molecule has 1 aliphatic rings. The lowest BCUT2D eigenvalue weighted by Crippen LogP contribution is -2.47. The zero-order chi connectivity index (χ0) is 20.4. The first-order valence-corrected chi connectivity index (χ1v) is 12.9. The number of carbonyl (C=O) groups excluding carboxylic acids is 1. The third kappa shape index (κ3) is 7.73. The first-order chi connectivity index (χ1) is 13.4. The van der Waals surface area contributed by atoms with E-state index in [0.717, 1.165) is 32.0 Å². The molecule has 0 spiro atoms. The molecule has 1 amide bonds. The number of amides is 1. The maximum absolute atomic E-state index is 12.6. The molecule has 1 saturated heterocycles. The molecule has 1 aromatic carbocycles. The van der Waals surface area contributed by atoms with Gasteiger partial charge in [-0.3, -0.25) is 4.79 Å². The van der Waals surface area contributed by atoms with Gasteiger partial charge in [0.25, 0.3) is 0 Å². The lowest BCUT2D eigenvalue weighted by molar-refractivity contribution is -0.122. The predicted octanol–water partition coefficient (Wildman–Crippen LogP) is 2.32. The van der Waals surface area contributed by atoms with Crippen LogP contribution in [0.15, 0.2) is 35.2 Å². The summed E-state index contributed by atoms with van der Waals surface area (Å²) >= 11 is 1.59. The summed E-state index contributed by atoms with van der Waals surface area (Å²) in [6.07, 6.45) is 5.76. The molecule has 1 atom stereocenters. The van der Waals surface area contributed by atoms with Gasteiger partial charge in [0.1, 0.15) is 6.04 Å². The molecule has 1 aromatic rings. The number of likely N-dealkylation sites (tertiary alicyclic amines) is 1. The summed E-state index contributed by atoms with van der Waals surface area (Å²) in [6.45, 7) is 6.08. The normalized spacial score (nSPS) is 17.4. The van der Waals surface area contributed by atoms with Gasteiger partial charge in [-0.05, 0) is 75.4 Å². The van der Waals surface area contributed by atoms with Gasteiger partial charge >= 0.3 is 0 Å². The Hall–Kier alpha value is -1.09. The molecule has 6 nitrogen and oxygen atoms in total. The Labute approximate surface area is 173 Å². The second-order valence-electron chi connectivity index (χ2n) is 7.44. The van der Waals surface area contributed by atoms with Crippen LogP contribution in [0.3, 0.4) is 0 Å². The van der Waals surface area contributed by atoms with Crippen LogP contribution in [-0.2, 0) is 14.8 Å². The van der Waals surface area contributed by atoms with E-state index in [0.29, 0.717) is 18.7 Å². The predicted molar refractivity (Wildman–Crippen MR) is 116 cm³/mol. The molecule has 158 valence electrons. The summed E-state index contributed by atoms with van der Waals surface area (Å²) < 4.78 is 27.7. The number of nitrogens with one attached hydrogen (secondary N) is 2. The minimum Gasteiger partial charge on any atom is -0.355 e. The fourth-order valence-electron chi connectivity index (χ4n) is 3.26. The molecule has 1 heterocycles. The molecule has 0 aliphatic carbocycles. The minimum absolute atomic E-state index is 0.177. The Kier molecular flexibility index (Phi) is 9.77. The van der Waals surface area contributed by atoms with Crippen LogP contribution in [0.2, 0.25) is 0 Å². The van der Waals surface area contributed by atoms with Gasteiger partial charge in [0.05, 0.1) is 4.90 Å². The van der Waals surface area contributed by atoms with Gasteiger partial charge in [-0.25, -0.2) is 8.42 Å². The summed E-state index contributed by atoms with van der Waals surface area (Å²) in [5, 5.41) is 2.91. The summed E-state index contributed by atoms with van der Waals surface area (Å²) in [5.74, 6) is 1.27. The number of benzene rings is 1. The van der Waals surface area contributed by atoms with E-state index in [-0.39, 0.29) is 10.8 Å². The fourth-order valence-corrected chi connectivity index (χ4v) is 4.98. The van der Waals surface area contributed by atoms with Crippen LogP contribution in [-0.4, -0.2) is 63.5 Å². The van der Waals surface area contributed by atoms with Gasteiger partial charge in [0.2, 0.25) is 15.9 Å². The van der Waals surface area contributed by atoms with Crippen molar-refractivity contribution in [3.8, 4) is 0 Å². The van der Waals surface area contributed by atoms with Crippen molar-refractivity contribution in [2.24, 2.45) is 5.92 Å². The SMILES string of the molecule is CSCCC(NS(=O)(=O)c1ccccc1)C(=O)NCCCN1CCC(C)CC1. The molecule has 0 saturated carbocycles. The Bertz CT molecular complexity index is 690. The Morgan fingerprint density at radius 2 is 1.93 bits per heavy atom. The summed E-state index contributed by atoms with van der Waals surface area (Å²) in [7, 11) is -3.72. The lowest BCUT2D eigenvalue weighted by Gasteiger charge is -2.30. The molecular formula is C20H33N3O3S2. The standard InChI is InChI=1S/C20H33N3O3S2/c1-17-9-14-23(15-10-17)13-6-12-21-20(24)19(11-16-27-2)22-28(25,26)18-7-4-3-5-8-18/h3-5,7-8,17,19,22H,6,9-16H2,1-2H3,(H,21,24). The van der Waals surface area contributed by atoms with Crippen LogP contribution in [0.1, 0.15) is 32.6 Å². The topological polar surface area (TPSA) is 78.5 Å². The Balaban J connectivity index is 1.83. The van der Waals surface area contributed by atoms with Crippen molar-refractivity contribution in [2.75, 3.05) is 38.2 Å².